The Balaban J connectivity index is 1.05. The van der Waals surface area contributed by atoms with Crippen LogP contribution in [0.15, 0.2) is 72.3 Å². The average Bonchev–Trinajstić information content (AvgIpc) is 0.679. The molecule has 20 nitrogen and oxygen atoms in total. The molecule has 6 fully saturated rings. The maximum Gasteiger partial charge on any atom is 0.313 e. The number of carbonyl (C=O) groups excluding carboxylic acids is 8. The zero-order valence-electron chi connectivity index (χ0n) is 54.2. The van der Waals surface area contributed by atoms with Crippen molar-refractivity contribution in [1.29, 1.82) is 0 Å². The number of rotatable bonds is 17. The summed E-state index contributed by atoms with van der Waals surface area (Å²) in [5.41, 5.74) is 1.34. The molecule has 2 aromatic carbocycles. The molecule has 2 aliphatic heterocycles. The molecule has 9 rings (SSSR count). The first-order valence-corrected chi connectivity index (χ1v) is 31.6. The summed E-state index contributed by atoms with van der Waals surface area (Å²) in [6, 6.07) is 20.0. The van der Waals surface area contributed by atoms with Gasteiger partial charge in [0.05, 0.1) is 11.5 Å². The van der Waals surface area contributed by atoms with E-state index in [1.54, 1.807) is 0 Å². The van der Waals surface area contributed by atoms with Crippen LogP contribution in [0.2, 0.25) is 0 Å². The van der Waals surface area contributed by atoms with E-state index >= 15 is 4.79 Å². The van der Waals surface area contributed by atoms with Crippen LogP contribution in [0.3, 0.4) is 0 Å². The molecule has 18 atom stereocenters. The van der Waals surface area contributed by atoms with E-state index in [2.05, 4.69) is 54.5 Å². The quantitative estimate of drug-likeness (QED) is 0.0618. The molecular formula is C69H92O20. The second kappa shape index (κ2) is 26.2. The molecule has 20 heteroatoms. The molecule has 0 N–H and O–H groups in total. The lowest BCUT2D eigenvalue weighted by Gasteiger charge is -2.71. The lowest BCUT2D eigenvalue weighted by atomic mass is 9.33. The van der Waals surface area contributed by atoms with Crippen LogP contribution in [0.1, 0.15) is 178 Å². The van der Waals surface area contributed by atoms with Gasteiger partial charge in [0.15, 0.2) is 55.3 Å². The molecular weight excluding hydrogens is 1150 g/mol. The minimum absolute atomic E-state index is 0.00347. The normalized spacial score (nSPS) is 36.7. The third kappa shape index (κ3) is 13.4. The van der Waals surface area contributed by atoms with E-state index in [4.69, 9.17) is 56.8 Å². The van der Waals surface area contributed by atoms with Crippen molar-refractivity contribution >= 4 is 47.8 Å². The van der Waals surface area contributed by atoms with Crippen molar-refractivity contribution in [2.45, 2.75) is 235 Å². The molecule has 7 aliphatic rings. The smallest absolute Gasteiger partial charge is 0.313 e. The summed E-state index contributed by atoms with van der Waals surface area (Å²) in [7, 11) is 0. The van der Waals surface area contributed by atoms with Gasteiger partial charge >= 0.3 is 47.8 Å². The minimum atomic E-state index is -1.82. The predicted octanol–water partition coefficient (Wildman–Crippen LogP) is 10.1. The van der Waals surface area contributed by atoms with E-state index in [0.29, 0.717) is 12.8 Å². The van der Waals surface area contributed by atoms with Gasteiger partial charge in [-0.1, -0.05) is 121 Å². The van der Waals surface area contributed by atoms with Gasteiger partial charge in [-0.15, -0.1) is 0 Å². The fourth-order valence-electron chi connectivity index (χ4n) is 17.4. The van der Waals surface area contributed by atoms with Crippen LogP contribution >= 0.6 is 0 Å². The van der Waals surface area contributed by atoms with Crippen LogP contribution in [-0.2, 0) is 95.2 Å². The second-order valence-corrected chi connectivity index (χ2v) is 28.1. The Labute approximate surface area is 522 Å². The van der Waals surface area contributed by atoms with Gasteiger partial charge < -0.3 is 56.8 Å². The number of ether oxygens (including phenoxy) is 12. The third-order valence-corrected chi connectivity index (χ3v) is 21.6. The van der Waals surface area contributed by atoms with Crippen LogP contribution in [0.25, 0.3) is 0 Å². The molecule has 0 aromatic heterocycles. The van der Waals surface area contributed by atoms with E-state index in [1.807, 2.05) is 60.7 Å². The average molecular weight is 1240 g/mol. The molecule has 2 saturated heterocycles. The fraction of sp³-hybridized carbons (Fsp3) is 0.681. The Morgan fingerprint density at radius 2 is 0.978 bits per heavy atom. The topological polar surface area (TPSA) is 247 Å². The van der Waals surface area contributed by atoms with Crippen LogP contribution in [0.4, 0.5) is 0 Å². The molecule has 0 radical (unpaired) electrons. The molecule has 89 heavy (non-hydrogen) atoms. The Hall–Kier alpha value is -6.22. The first-order chi connectivity index (χ1) is 41.8. The first-order valence-electron chi connectivity index (χ1n) is 31.6. The highest BCUT2D eigenvalue weighted by Gasteiger charge is 2.70. The molecule has 4 saturated carbocycles. The summed E-state index contributed by atoms with van der Waals surface area (Å²) in [6.07, 6.45) is -6.50. The minimum Gasteiger partial charge on any atom is -0.463 e. The summed E-state index contributed by atoms with van der Waals surface area (Å²) < 4.78 is 74.0. The maximum absolute atomic E-state index is 15.5. The lowest BCUT2D eigenvalue weighted by molar-refractivity contribution is -0.379. The van der Waals surface area contributed by atoms with Gasteiger partial charge in [-0.2, -0.15) is 0 Å². The molecule has 5 aliphatic carbocycles. The molecule has 0 amide bonds. The van der Waals surface area contributed by atoms with Crippen molar-refractivity contribution in [3.8, 4) is 0 Å². The zero-order valence-corrected chi connectivity index (χ0v) is 54.2. The van der Waals surface area contributed by atoms with Crippen LogP contribution in [0.5, 0.6) is 0 Å². The third-order valence-electron chi connectivity index (χ3n) is 21.6. The molecule has 0 bridgehead atoms. The van der Waals surface area contributed by atoms with E-state index in [0.717, 1.165) is 104 Å². The van der Waals surface area contributed by atoms with E-state index < -0.39 is 139 Å². The van der Waals surface area contributed by atoms with Crippen molar-refractivity contribution in [3.05, 3.63) is 83.4 Å². The highest BCUT2D eigenvalue weighted by Crippen LogP contribution is 2.76. The van der Waals surface area contributed by atoms with Crippen molar-refractivity contribution in [2.24, 2.45) is 50.2 Å². The zero-order chi connectivity index (χ0) is 64.8. The SMILES string of the molecule is CC(=O)OC[C@H]1O[C@@H](O[C@H]2[C@@H](O[C@H]3CC[C@]4(C)[C@H]5CC=C6[C@@H]7CC(C)(C)CC[C@]7(C(=O)OC(c7ccccc7)c7ccccc7)CC[C@@]6(C)[C@]5(C)CC[C@H]4C3(C)C)O[C@H](COC(C)=O)[C@@H](OC(C)=O)[C@@H]2OC(C)=O)[C@H](OC(C)=O)[C@@H](OC(C)=O)[C@@H]1OC(C)=O. The first kappa shape index (κ1) is 67.2. The van der Waals surface area contributed by atoms with E-state index in [1.165, 1.54) is 12.5 Å². The molecule has 2 heterocycles. The van der Waals surface area contributed by atoms with Crippen molar-refractivity contribution in [1.82, 2.24) is 0 Å². The highest BCUT2D eigenvalue weighted by atomic mass is 16.8. The number of hydrogen-bond acceptors (Lipinski definition) is 20. The molecule has 0 unspecified atom stereocenters. The van der Waals surface area contributed by atoms with Gasteiger partial charge in [0.2, 0.25) is 0 Å². The Morgan fingerprint density at radius 3 is 1.48 bits per heavy atom. The molecule has 0 spiro atoms. The van der Waals surface area contributed by atoms with Crippen LogP contribution < -0.4 is 0 Å². The number of benzene rings is 2. The van der Waals surface area contributed by atoms with Gasteiger partial charge in [0.25, 0.3) is 0 Å². The van der Waals surface area contributed by atoms with Crippen molar-refractivity contribution in [3.63, 3.8) is 0 Å². The van der Waals surface area contributed by atoms with E-state index in [-0.39, 0.29) is 45.4 Å². The van der Waals surface area contributed by atoms with Gasteiger partial charge in [0.1, 0.15) is 25.4 Å². The largest absolute Gasteiger partial charge is 0.463 e. The summed E-state index contributed by atoms with van der Waals surface area (Å²) in [4.78, 5) is 105. The van der Waals surface area contributed by atoms with Crippen molar-refractivity contribution in [2.75, 3.05) is 13.2 Å². The van der Waals surface area contributed by atoms with Gasteiger partial charge in [-0.3, -0.25) is 38.4 Å². The van der Waals surface area contributed by atoms with Gasteiger partial charge in [-0.05, 0) is 120 Å². The monoisotopic (exact) mass is 1240 g/mol. The lowest BCUT2D eigenvalue weighted by Crippen LogP contribution is -2.68. The number of allylic oxidation sites excluding steroid dienone is 2. The van der Waals surface area contributed by atoms with Crippen LogP contribution in [0, 0.1) is 50.2 Å². The Morgan fingerprint density at radius 1 is 0.506 bits per heavy atom. The Bertz CT molecular complexity index is 2960. The predicted molar refractivity (Wildman–Crippen MR) is 318 cm³/mol. The number of esters is 8. The van der Waals surface area contributed by atoms with Crippen LogP contribution in [-0.4, -0.2) is 128 Å². The fourth-order valence-corrected chi connectivity index (χ4v) is 17.4. The summed E-state index contributed by atoms with van der Waals surface area (Å²) in [6.45, 7) is 23.3. The second-order valence-electron chi connectivity index (χ2n) is 28.1. The van der Waals surface area contributed by atoms with Gasteiger partial charge in [-0.25, -0.2) is 0 Å². The number of hydrogen-bond donors (Lipinski definition) is 0. The highest BCUT2D eigenvalue weighted by molar-refractivity contribution is 5.79. The standard InChI is InChI=1S/C69H92O20/c1-38(70)78-36-49-56(81-41(4)73)58(83-43(6)75)60(88-62-59(84-44(7)76)57(82-42(5)74)55(80-40(3)72)50(86-62)37-79-39(2)71)61(85-49)87-53-28-29-66(12)51(65(53,10)11)27-30-68(14)52(66)26-25-47-48-35-64(8,9)31-33-69(48,34-32-67(47,68)13)63(77)89-54(45-21-17-15-18-22-45)46-23-19-16-20-24-46/h15-25,48-62H,26-37H2,1-14H3/t48-,49+,50+,51-,52+,53-,55+,56+,57-,58-,59+,60+,61+,62-,66-,67+,68+,69-/m0/s1. The van der Waals surface area contributed by atoms with Gasteiger partial charge in [0, 0.05) is 48.5 Å². The summed E-state index contributed by atoms with van der Waals surface area (Å²) in [5.74, 6) is -5.53. The van der Waals surface area contributed by atoms with Crippen molar-refractivity contribution < 1.29 is 95.2 Å². The Kier molecular flexibility index (Phi) is 19.8. The number of carbonyl (C=O) groups is 8. The molecule has 488 valence electrons. The summed E-state index contributed by atoms with van der Waals surface area (Å²) in [5, 5.41) is 0. The molecule has 2 aromatic rings. The van der Waals surface area contributed by atoms with E-state index in [9.17, 15) is 33.6 Å². The summed E-state index contributed by atoms with van der Waals surface area (Å²) >= 11 is 0. The maximum atomic E-state index is 15.5. The number of fused-ring (bicyclic) bond motifs is 7.